The molecule has 2 atom stereocenters. The molecule has 1 aliphatic heterocycles. The van der Waals surface area contributed by atoms with Gasteiger partial charge in [0.1, 0.15) is 17.6 Å². The van der Waals surface area contributed by atoms with E-state index in [4.69, 9.17) is 9.47 Å². The number of fused-ring (bicyclic) bond motifs is 1. The molecule has 0 aliphatic carbocycles. The Labute approximate surface area is 141 Å². The van der Waals surface area contributed by atoms with E-state index in [-0.39, 0.29) is 11.9 Å². The second-order valence-corrected chi connectivity index (χ2v) is 5.84. The molecule has 0 spiro atoms. The van der Waals surface area contributed by atoms with Gasteiger partial charge in [-0.3, -0.25) is 4.79 Å². The van der Waals surface area contributed by atoms with E-state index in [0.717, 1.165) is 16.8 Å². The topological polar surface area (TPSA) is 59.0 Å². The highest BCUT2D eigenvalue weighted by Gasteiger charge is 2.39. The van der Waals surface area contributed by atoms with Gasteiger partial charge in [0.25, 0.3) is 0 Å². The van der Waals surface area contributed by atoms with Gasteiger partial charge in [-0.1, -0.05) is 24.3 Å². The standard InChI is InChI=1S/C19H21NO4/c1-12(21)20-16-7-5-4-6-15(16)19(22)17(20)10-13-8-9-14(23-2)11-18(13)24-3/h4-9,11,17,19,22H,10H2,1-3H3/t17-,19-/m0/s1. The third-order valence-electron chi connectivity index (χ3n) is 4.47. The second-order valence-electron chi connectivity index (χ2n) is 5.84. The lowest BCUT2D eigenvalue weighted by Gasteiger charge is -2.26. The van der Waals surface area contributed by atoms with Gasteiger partial charge >= 0.3 is 0 Å². The van der Waals surface area contributed by atoms with E-state index in [1.54, 1.807) is 19.1 Å². The fraction of sp³-hybridized carbons (Fsp3) is 0.316. The molecule has 0 aromatic heterocycles. The molecule has 2 aromatic carbocycles. The van der Waals surface area contributed by atoms with Crippen molar-refractivity contribution in [3.8, 4) is 11.5 Å². The van der Waals surface area contributed by atoms with Crippen LogP contribution in [0.3, 0.4) is 0 Å². The van der Waals surface area contributed by atoms with Crippen LogP contribution in [0.25, 0.3) is 0 Å². The van der Waals surface area contributed by atoms with Gasteiger partial charge in [0.05, 0.1) is 20.3 Å². The average molecular weight is 327 g/mol. The van der Waals surface area contributed by atoms with Crippen LogP contribution < -0.4 is 14.4 Å². The minimum atomic E-state index is -0.725. The van der Waals surface area contributed by atoms with Gasteiger partial charge < -0.3 is 19.5 Å². The number of aliphatic hydroxyl groups is 1. The number of carbonyl (C=O) groups is 1. The Morgan fingerprint density at radius 2 is 1.92 bits per heavy atom. The number of methoxy groups -OCH3 is 2. The maximum Gasteiger partial charge on any atom is 0.224 e. The Balaban J connectivity index is 1.96. The van der Waals surface area contributed by atoms with E-state index < -0.39 is 6.10 Å². The lowest BCUT2D eigenvalue weighted by atomic mass is 9.98. The van der Waals surface area contributed by atoms with E-state index in [2.05, 4.69) is 0 Å². The molecule has 0 saturated carbocycles. The highest BCUT2D eigenvalue weighted by molar-refractivity contribution is 5.95. The van der Waals surface area contributed by atoms with Gasteiger partial charge in [-0.15, -0.1) is 0 Å². The number of para-hydroxylation sites is 1. The van der Waals surface area contributed by atoms with Crippen molar-refractivity contribution in [3.05, 3.63) is 53.6 Å². The lowest BCUT2D eigenvalue weighted by molar-refractivity contribution is -0.117. The van der Waals surface area contributed by atoms with Crippen LogP contribution in [0.15, 0.2) is 42.5 Å². The van der Waals surface area contributed by atoms with E-state index in [1.165, 1.54) is 6.92 Å². The number of nitrogens with zero attached hydrogens (tertiary/aromatic N) is 1. The number of hydrogen-bond donors (Lipinski definition) is 1. The summed E-state index contributed by atoms with van der Waals surface area (Å²) in [5.74, 6) is 1.30. The van der Waals surface area contributed by atoms with Crippen molar-refractivity contribution in [2.45, 2.75) is 25.5 Å². The van der Waals surface area contributed by atoms with Crippen LogP contribution in [0.5, 0.6) is 11.5 Å². The van der Waals surface area contributed by atoms with Gasteiger partial charge in [0, 0.05) is 24.2 Å². The zero-order valence-electron chi connectivity index (χ0n) is 14.0. The van der Waals surface area contributed by atoms with E-state index >= 15 is 0 Å². The van der Waals surface area contributed by atoms with Crippen LogP contribution in [0.4, 0.5) is 5.69 Å². The molecule has 1 heterocycles. The summed E-state index contributed by atoms with van der Waals surface area (Å²) in [7, 11) is 3.20. The molecule has 0 unspecified atom stereocenters. The molecule has 126 valence electrons. The van der Waals surface area contributed by atoms with Crippen molar-refractivity contribution >= 4 is 11.6 Å². The minimum Gasteiger partial charge on any atom is -0.497 e. The van der Waals surface area contributed by atoms with Crippen molar-refractivity contribution in [1.82, 2.24) is 0 Å². The maximum atomic E-state index is 12.2. The summed E-state index contributed by atoms with van der Waals surface area (Å²) in [4.78, 5) is 13.8. The first-order valence-electron chi connectivity index (χ1n) is 7.84. The van der Waals surface area contributed by atoms with Crippen molar-refractivity contribution in [3.63, 3.8) is 0 Å². The molecule has 0 fully saturated rings. The Hall–Kier alpha value is -2.53. The third kappa shape index (κ3) is 2.71. The van der Waals surface area contributed by atoms with Crippen molar-refractivity contribution in [2.24, 2.45) is 0 Å². The van der Waals surface area contributed by atoms with Crippen LogP contribution >= 0.6 is 0 Å². The largest absolute Gasteiger partial charge is 0.497 e. The average Bonchev–Trinajstić information content (AvgIpc) is 2.88. The first-order chi connectivity index (χ1) is 11.6. The first-order valence-corrected chi connectivity index (χ1v) is 7.84. The summed E-state index contributed by atoms with van der Waals surface area (Å²) < 4.78 is 10.7. The monoisotopic (exact) mass is 327 g/mol. The van der Waals surface area contributed by atoms with Crippen molar-refractivity contribution < 1.29 is 19.4 Å². The predicted molar refractivity (Wildman–Crippen MR) is 91.6 cm³/mol. The number of ether oxygens (including phenoxy) is 2. The van der Waals surface area contributed by atoms with Crippen LogP contribution in [-0.4, -0.2) is 31.3 Å². The summed E-state index contributed by atoms with van der Waals surface area (Å²) >= 11 is 0. The molecule has 3 rings (SSSR count). The molecule has 1 N–H and O–H groups in total. The molecule has 0 bridgehead atoms. The fourth-order valence-corrected chi connectivity index (χ4v) is 3.34. The number of rotatable bonds is 4. The summed E-state index contributed by atoms with van der Waals surface area (Å²) in [6.45, 7) is 1.52. The lowest BCUT2D eigenvalue weighted by Crippen LogP contribution is -2.39. The molecular weight excluding hydrogens is 306 g/mol. The minimum absolute atomic E-state index is 0.0866. The smallest absolute Gasteiger partial charge is 0.224 e. The molecule has 0 radical (unpaired) electrons. The zero-order valence-corrected chi connectivity index (χ0v) is 14.0. The molecule has 24 heavy (non-hydrogen) atoms. The summed E-state index contributed by atoms with van der Waals surface area (Å²) in [5.41, 5.74) is 2.47. The number of aliphatic hydroxyl groups excluding tert-OH is 1. The van der Waals surface area contributed by atoms with Gasteiger partial charge in [0.2, 0.25) is 5.91 Å². The normalized spacial score (nSPS) is 19.1. The van der Waals surface area contributed by atoms with Crippen LogP contribution in [-0.2, 0) is 11.2 Å². The Morgan fingerprint density at radius 3 is 2.58 bits per heavy atom. The van der Waals surface area contributed by atoms with Crippen molar-refractivity contribution in [2.75, 3.05) is 19.1 Å². The SMILES string of the molecule is COc1ccc(C[C@H]2[C@@H](O)c3ccccc3N2C(C)=O)c(OC)c1. The van der Waals surface area contributed by atoms with Crippen LogP contribution in [0, 0.1) is 0 Å². The first kappa shape index (κ1) is 16.3. The quantitative estimate of drug-likeness (QED) is 0.938. The highest BCUT2D eigenvalue weighted by atomic mass is 16.5. The molecule has 5 nitrogen and oxygen atoms in total. The number of anilines is 1. The Kier molecular flexibility index (Phi) is 4.44. The van der Waals surface area contributed by atoms with Gasteiger partial charge in [-0.25, -0.2) is 0 Å². The zero-order chi connectivity index (χ0) is 17.3. The summed E-state index contributed by atoms with van der Waals surface area (Å²) in [5, 5.41) is 10.7. The Bertz CT molecular complexity index is 759. The number of benzene rings is 2. The molecule has 2 aromatic rings. The summed E-state index contributed by atoms with van der Waals surface area (Å²) in [6, 6.07) is 12.7. The molecule has 5 heteroatoms. The van der Waals surface area contributed by atoms with E-state index in [0.29, 0.717) is 17.9 Å². The molecule has 1 amide bonds. The predicted octanol–water partition coefficient (Wildman–Crippen LogP) is 2.72. The second kappa shape index (κ2) is 6.53. The summed E-state index contributed by atoms with van der Waals surface area (Å²) in [6.07, 6.45) is -0.236. The maximum absolute atomic E-state index is 12.2. The van der Waals surface area contributed by atoms with Gasteiger partial charge in [-0.05, 0) is 24.1 Å². The van der Waals surface area contributed by atoms with Crippen LogP contribution in [0.2, 0.25) is 0 Å². The fourth-order valence-electron chi connectivity index (χ4n) is 3.34. The van der Waals surface area contributed by atoms with Gasteiger partial charge in [-0.2, -0.15) is 0 Å². The number of amides is 1. The van der Waals surface area contributed by atoms with E-state index in [1.807, 2.05) is 42.5 Å². The number of carbonyl (C=O) groups excluding carboxylic acids is 1. The van der Waals surface area contributed by atoms with Crippen LogP contribution in [0.1, 0.15) is 24.2 Å². The molecule has 0 saturated heterocycles. The highest BCUT2D eigenvalue weighted by Crippen LogP contribution is 2.41. The molecule has 1 aliphatic rings. The van der Waals surface area contributed by atoms with Gasteiger partial charge in [0.15, 0.2) is 0 Å². The third-order valence-corrected chi connectivity index (χ3v) is 4.47. The molecular formula is C19H21NO4. The van der Waals surface area contributed by atoms with E-state index in [9.17, 15) is 9.90 Å². The van der Waals surface area contributed by atoms with Crippen molar-refractivity contribution in [1.29, 1.82) is 0 Å². The Morgan fingerprint density at radius 1 is 1.17 bits per heavy atom. The number of hydrogen-bond acceptors (Lipinski definition) is 4.